The number of rotatable bonds is 14. The third-order valence-corrected chi connectivity index (χ3v) is 7.33. The third-order valence-electron chi connectivity index (χ3n) is 6.14. The van der Waals surface area contributed by atoms with Crippen molar-refractivity contribution < 1.29 is 22.4 Å². The smallest absolute Gasteiger partial charge is 0.243 e. The van der Waals surface area contributed by atoms with Crippen molar-refractivity contribution in [3.63, 3.8) is 0 Å². The second kappa shape index (κ2) is 14.0. The zero-order chi connectivity index (χ0) is 26.7. The number of anilines is 1. The molecule has 198 valence electrons. The highest BCUT2D eigenvalue weighted by molar-refractivity contribution is 7.92. The molecule has 2 aromatic rings. The van der Waals surface area contributed by atoms with Crippen LogP contribution in [0.2, 0.25) is 0 Å². The van der Waals surface area contributed by atoms with Crippen LogP contribution in [0.4, 0.5) is 10.1 Å². The molecule has 0 unspecified atom stereocenters. The summed E-state index contributed by atoms with van der Waals surface area (Å²) in [6, 6.07) is 14.3. The molecule has 0 aliphatic carbocycles. The highest BCUT2D eigenvalue weighted by Crippen LogP contribution is 2.19. The molecule has 1 N–H and O–H groups in total. The molecule has 0 bridgehead atoms. The number of benzene rings is 2. The van der Waals surface area contributed by atoms with E-state index in [1.165, 1.54) is 28.6 Å². The van der Waals surface area contributed by atoms with Crippen LogP contribution in [-0.4, -0.2) is 56.6 Å². The van der Waals surface area contributed by atoms with Crippen LogP contribution in [0.15, 0.2) is 54.6 Å². The predicted octanol–water partition coefficient (Wildman–Crippen LogP) is 4.14. The molecule has 36 heavy (non-hydrogen) atoms. The summed E-state index contributed by atoms with van der Waals surface area (Å²) in [4.78, 5) is 28.0. The van der Waals surface area contributed by atoms with Gasteiger partial charge in [0.15, 0.2) is 0 Å². The minimum Gasteiger partial charge on any atom is -0.352 e. The minimum absolute atomic E-state index is 0.00310. The molecule has 2 amide bonds. The van der Waals surface area contributed by atoms with Crippen LogP contribution in [-0.2, 0) is 26.0 Å². The zero-order valence-corrected chi connectivity index (χ0v) is 22.4. The summed E-state index contributed by atoms with van der Waals surface area (Å²) in [5, 5.41) is 2.98. The molecule has 0 heterocycles. The fraction of sp³-hybridized carbons (Fsp3) is 0.481. The van der Waals surface area contributed by atoms with Gasteiger partial charge in [-0.05, 0) is 62.4 Å². The van der Waals surface area contributed by atoms with Crippen molar-refractivity contribution >= 4 is 27.5 Å². The molecular weight excluding hydrogens is 481 g/mol. The predicted molar refractivity (Wildman–Crippen MR) is 142 cm³/mol. The van der Waals surface area contributed by atoms with Crippen molar-refractivity contribution in [2.75, 3.05) is 23.7 Å². The second-order valence-electron chi connectivity index (χ2n) is 8.98. The van der Waals surface area contributed by atoms with Gasteiger partial charge in [0.2, 0.25) is 21.8 Å². The molecule has 0 spiro atoms. The van der Waals surface area contributed by atoms with Crippen molar-refractivity contribution in [2.45, 2.75) is 65.0 Å². The first-order valence-corrected chi connectivity index (χ1v) is 14.3. The number of carbonyl (C=O) groups excluding carboxylic acids is 2. The van der Waals surface area contributed by atoms with Crippen molar-refractivity contribution in [3.05, 3.63) is 66.0 Å². The van der Waals surface area contributed by atoms with Crippen LogP contribution < -0.4 is 9.62 Å². The number of nitrogens with zero attached hydrogens (tertiary/aromatic N) is 2. The summed E-state index contributed by atoms with van der Waals surface area (Å²) >= 11 is 0. The van der Waals surface area contributed by atoms with E-state index in [9.17, 15) is 22.4 Å². The number of amides is 2. The Morgan fingerprint density at radius 3 is 2.17 bits per heavy atom. The quantitative estimate of drug-likeness (QED) is 0.407. The first-order valence-electron chi connectivity index (χ1n) is 12.4. The highest BCUT2D eigenvalue weighted by Gasteiger charge is 2.29. The molecule has 0 fully saturated rings. The first kappa shape index (κ1) is 29.3. The Morgan fingerprint density at radius 1 is 0.972 bits per heavy atom. The molecule has 7 nitrogen and oxygen atoms in total. The number of halogens is 1. The molecule has 0 saturated heterocycles. The van der Waals surface area contributed by atoms with Gasteiger partial charge in [-0.3, -0.25) is 13.9 Å². The second-order valence-corrected chi connectivity index (χ2v) is 10.9. The number of carbonyl (C=O) groups is 2. The number of hydrogen-bond donors (Lipinski definition) is 1. The van der Waals surface area contributed by atoms with E-state index in [0.717, 1.165) is 18.2 Å². The average molecular weight is 520 g/mol. The Labute approximate surface area is 214 Å². The van der Waals surface area contributed by atoms with Crippen molar-refractivity contribution in [3.8, 4) is 0 Å². The van der Waals surface area contributed by atoms with Gasteiger partial charge in [0, 0.05) is 25.6 Å². The molecule has 0 aliphatic rings. The maximum Gasteiger partial charge on any atom is 0.243 e. The molecule has 0 saturated carbocycles. The fourth-order valence-electron chi connectivity index (χ4n) is 3.95. The largest absolute Gasteiger partial charge is 0.352 e. The van der Waals surface area contributed by atoms with E-state index in [4.69, 9.17) is 0 Å². The van der Waals surface area contributed by atoms with E-state index < -0.39 is 21.9 Å². The average Bonchev–Trinajstić information content (AvgIpc) is 2.84. The van der Waals surface area contributed by atoms with Crippen molar-refractivity contribution in [2.24, 2.45) is 0 Å². The Kier molecular flexibility index (Phi) is 11.4. The standard InChI is InChI=1S/C27H38FN3O4S/c1-5-21(3)29-27(33)25(6-2)30(20-18-22-11-8-7-9-12-22)26(32)13-10-19-31(36(4,34)35)24-16-14-23(28)15-17-24/h7-9,11-12,14-17,21,25H,5-6,10,13,18-20H2,1-4H3,(H,29,33)/t21-,25+/m1/s1. The van der Waals surface area contributed by atoms with Gasteiger partial charge in [0.25, 0.3) is 0 Å². The van der Waals surface area contributed by atoms with Gasteiger partial charge >= 0.3 is 0 Å². The molecular formula is C27H38FN3O4S. The van der Waals surface area contributed by atoms with E-state index in [1.54, 1.807) is 4.90 Å². The lowest BCUT2D eigenvalue weighted by Crippen LogP contribution is -2.51. The van der Waals surface area contributed by atoms with Gasteiger partial charge in [-0.1, -0.05) is 44.2 Å². The van der Waals surface area contributed by atoms with Gasteiger partial charge in [-0.25, -0.2) is 12.8 Å². The number of sulfonamides is 1. The highest BCUT2D eigenvalue weighted by atomic mass is 32.2. The van der Waals surface area contributed by atoms with Crippen molar-refractivity contribution in [1.82, 2.24) is 10.2 Å². The first-order chi connectivity index (χ1) is 17.1. The Morgan fingerprint density at radius 2 is 1.61 bits per heavy atom. The summed E-state index contributed by atoms with van der Waals surface area (Å²) in [5.41, 5.74) is 1.40. The van der Waals surface area contributed by atoms with Gasteiger partial charge in [-0.15, -0.1) is 0 Å². The zero-order valence-electron chi connectivity index (χ0n) is 21.6. The molecule has 0 radical (unpaired) electrons. The van der Waals surface area contributed by atoms with Crippen LogP contribution in [0.3, 0.4) is 0 Å². The van der Waals surface area contributed by atoms with Crippen LogP contribution >= 0.6 is 0 Å². The summed E-state index contributed by atoms with van der Waals surface area (Å²) in [7, 11) is -3.62. The lowest BCUT2D eigenvalue weighted by molar-refractivity contribution is -0.141. The van der Waals surface area contributed by atoms with Gasteiger partial charge in [0.05, 0.1) is 11.9 Å². The molecule has 0 aromatic heterocycles. The van der Waals surface area contributed by atoms with Crippen LogP contribution in [0.1, 0.15) is 52.0 Å². The molecule has 2 atom stereocenters. The van der Waals surface area contributed by atoms with Crippen LogP contribution in [0, 0.1) is 5.82 Å². The van der Waals surface area contributed by atoms with Gasteiger partial charge in [-0.2, -0.15) is 0 Å². The van der Waals surface area contributed by atoms with E-state index in [0.29, 0.717) is 25.1 Å². The van der Waals surface area contributed by atoms with Gasteiger partial charge < -0.3 is 10.2 Å². The lowest BCUT2D eigenvalue weighted by atomic mass is 10.1. The number of hydrogen-bond acceptors (Lipinski definition) is 4. The molecule has 9 heteroatoms. The topological polar surface area (TPSA) is 86.8 Å². The molecule has 2 aromatic carbocycles. The summed E-state index contributed by atoms with van der Waals surface area (Å²) in [5.74, 6) is -0.848. The van der Waals surface area contributed by atoms with Crippen molar-refractivity contribution in [1.29, 1.82) is 0 Å². The lowest BCUT2D eigenvalue weighted by Gasteiger charge is -2.32. The van der Waals surface area contributed by atoms with E-state index in [-0.39, 0.29) is 37.2 Å². The fourth-order valence-corrected chi connectivity index (χ4v) is 4.91. The Bertz CT molecular complexity index is 1080. The monoisotopic (exact) mass is 519 g/mol. The molecule has 0 aliphatic heterocycles. The summed E-state index contributed by atoms with van der Waals surface area (Å²) in [6.45, 7) is 6.24. The number of nitrogens with one attached hydrogen (secondary N) is 1. The van der Waals surface area contributed by atoms with Gasteiger partial charge in [0.1, 0.15) is 11.9 Å². The third kappa shape index (κ3) is 8.93. The van der Waals surface area contributed by atoms with Crippen LogP contribution in [0.25, 0.3) is 0 Å². The Balaban J connectivity index is 2.15. The maximum atomic E-state index is 13.4. The minimum atomic E-state index is -3.62. The summed E-state index contributed by atoms with van der Waals surface area (Å²) in [6.07, 6.45) is 3.27. The van der Waals surface area contributed by atoms with Crippen LogP contribution in [0.5, 0.6) is 0 Å². The van der Waals surface area contributed by atoms with E-state index in [2.05, 4.69) is 5.32 Å². The van der Waals surface area contributed by atoms with E-state index in [1.807, 2.05) is 51.1 Å². The summed E-state index contributed by atoms with van der Waals surface area (Å²) < 4.78 is 39.2. The van der Waals surface area contributed by atoms with E-state index >= 15 is 0 Å². The SMILES string of the molecule is CC[C@@H](C)NC(=O)[C@H](CC)N(CCc1ccccc1)C(=O)CCCN(c1ccc(F)cc1)S(C)(=O)=O. The maximum absolute atomic E-state index is 13.4. The normalized spacial score (nSPS) is 13.0. The Hall–Kier alpha value is -2.94. The molecule has 2 rings (SSSR count).